The zero-order valence-corrected chi connectivity index (χ0v) is 11.7. The van der Waals surface area contributed by atoms with Crippen molar-refractivity contribution in [3.8, 4) is 0 Å². The fraction of sp³-hybridized carbons (Fsp3) is 0.538. The van der Waals surface area contributed by atoms with Crippen LogP contribution >= 0.6 is 11.8 Å². The van der Waals surface area contributed by atoms with Gasteiger partial charge in [-0.3, -0.25) is 4.98 Å². The number of nitrogens with zero attached hydrogens (tertiary/aromatic N) is 2. The van der Waals surface area contributed by atoms with Crippen LogP contribution in [0.1, 0.15) is 30.5 Å². The van der Waals surface area contributed by atoms with Crippen molar-refractivity contribution in [2.24, 2.45) is 10.9 Å². The highest BCUT2D eigenvalue weighted by molar-refractivity contribution is 7.99. The summed E-state index contributed by atoms with van der Waals surface area (Å²) in [5.41, 5.74) is 7.12. The van der Waals surface area contributed by atoms with E-state index in [1.807, 2.05) is 23.9 Å². The zero-order chi connectivity index (χ0) is 13.5. The molecule has 1 aromatic heterocycles. The van der Waals surface area contributed by atoms with E-state index in [9.17, 15) is 0 Å². The molecule has 0 radical (unpaired) electrons. The molecule has 0 spiro atoms. The first-order valence-corrected chi connectivity index (χ1v) is 7.60. The summed E-state index contributed by atoms with van der Waals surface area (Å²) in [5.74, 6) is 1.33. The van der Waals surface area contributed by atoms with Crippen LogP contribution in [0, 0.1) is 0 Å². The van der Waals surface area contributed by atoms with Gasteiger partial charge in [0, 0.05) is 24.5 Å². The van der Waals surface area contributed by atoms with Gasteiger partial charge in [-0.1, -0.05) is 17.6 Å². The average Bonchev–Trinajstić information content (AvgIpc) is 2.48. The van der Waals surface area contributed by atoms with Gasteiger partial charge in [-0.05, 0) is 30.2 Å². The van der Waals surface area contributed by atoms with E-state index in [1.165, 1.54) is 25.0 Å². The predicted molar refractivity (Wildman–Crippen MR) is 78.6 cm³/mol. The van der Waals surface area contributed by atoms with Crippen LogP contribution in [0.2, 0.25) is 0 Å². The monoisotopic (exact) mass is 280 g/mol. The summed E-state index contributed by atoms with van der Waals surface area (Å²) in [7, 11) is 0. The smallest absolute Gasteiger partial charge is 0.189 e. The van der Waals surface area contributed by atoms with E-state index in [0.29, 0.717) is 17.5 Å². The quantitative estimate of drug-likeness (QED) is 0.330. The molecular weight excluding hydrogens is 260 g/mol. The number of nitrogens with two attached hydrogens (primary N) is 1. The lowest BCUT2D eigenvalue weighted by Gasteiger charge is -2.21. The van der Waals surface area contributed by atoms with E-state index in [4.69, 9.17) is 10.9 Å². The highest BCUT2D eigenvalue weighted by Gasteiger charge is 2.14. The second kappa shape index (κ2) is 7.35. The Morgan fingerprint density at radius 2 is 2.47 bits per heavy atom. The number of hydrogen-bond acceptors (Lipinski definition) is 5. The van der Waals surface area contributed by atoms with Crippen LogP contribution in [0.4, 0.5) is 0 Å². The van der Waals surface area contributed by atoms with Gasteiger partial charge in [0.25, 0.3) is 0 Å². The normalized spacial score (nSPS) is 20.4. The largest absolute Gasteiger partial charge is 0.409 e. The maximum Gasteiger partial charge on any atom is 0.189 e. The van der Waals surface area contributed by atoms with Crippen LogP contribution in [0.25, 0.3) is 0 Å². The number of thioether (sulfide) groups is 1. The third kappa shape index (κ3) is 4.11. The molecule has 1 aliphatic rings. The van der Waals surface area contributed by atoms with Gasteiger partial charge >= 0.3 is 0 Å². The van der Waals surface area contributed by atoms with Crippen molar-refractivity contribution in [2.45, 2.75) is 31.1 Å². The number of rotatable bonds is 5. The van der Waals surface area contributed by atoms with E-state index in [0.717, 1.165) is 12.1 Å². The molecule has 5 nitrogen and oxygen atoms in total. The summed E-state index contributed by atoms with van der Waals surface area (Å²) in [6.07, 6.45) is 5.62. The number of pyridine rings is 1. The predicted octanol–water partition coefficient (Wildman–Crippen LogP) is 1.55. The molecule has 0 saturated carbocycles. The van der Waals surface area contributed by atoms with E-state index >= 15 is 0 Å². The third-order valence-electron chi connectivity index (χ3n) is 3.20. The van der Waals surface area contributed by atoms with E-state index in [1.54, 1.807) is 6.20 Å². The number of hydrogen-bond donors (Lipinski definition) is 3. The first-order valence-electron chi connectivity index (χ1n) is 6.55. The summed E-state index contributed by atoms with van der Waals surface area (Å²) in [5, 5.41) is 15.9. The van der Waals surface area contributed by atoms with Gasteiger partial charge in [-0.2, -0.15) is 11.8 Å². The topological polar surface area (TPSA) is 83.5 Å². The summed E-state index contributed by atoms with van der Waals surface area (Å²) < 4.78 is 0. The molecule has 19 heavy (non-hydrogen) atoms. The van der Waals surface area contributed by atoms with Crippen molar-refractivity contribution in [1.82, 2.24) is 10.3 Å². The average molecular weight is 280 g/mol. The Labute approximate surface area is 117 Å². The molecule has 0 bridgehead atoms. The molecule has 0 aliphatic carbocycles. The molecule has 6 heteroatoms. The second-order valence-corrected chi connectivity index (χ2v) is 6.02. The molecule has 1 aliphatic heterocycles. The van der Waals surface area contributed by atoms with Crippen molar-refractivity contribution >= 4 is 17.6 Å². The Bertz CT molecular complexity index is 432. The first-order chi connectivity index (χ1) is 9.31. The molecule has 1 saturated heterocycles. The Morgan fingerprint density at radius 1 is 1.58 bits per heavy atom. The fourth-order valence-electron chi connectivity index (χ4n) is 2.20. The highest BCUT2D eigenvalue weighted by atomic mass is 32.2. The van der Waals surface area contributed by atoms with Crippen LogP contribution in [-0.2, 0) is 6.54 Å². The van der Waals surface area contributed by atoms with Crippen molar-refractivity contribution < 1.29 is 5.21 Å². The molecule has 0 aromatic carbocycles. The van der Waals surface area contributed by atoms with Gasteiger partial charge in [0.1, 0.15) is 5.69 Å². The van der Waals surface area contributed by atoms with Crippen LogP contribution < -0.4 is 11.1 Å². The second-order valence-electron chi connectivity index (χ2n) is 4.62. The van der Waals surface area contributed by atoms with E-state index < -0.39 is 0 Å². The van der Waals surface area contributed by atoms with Crippen molar-refractivity contribution in [1.29, 1.82) is 0 Å². The van der Waals surface area contributed by atoms with E-state index in [2.05, 4.69) is 15.5 Å². The number of nitrogens with one attached hydrogen (secondary N) is 1. The van der Waals surface area contributed by atoms with Crippen LogP contribution in [-0.4, -0.2) is 33.6 Å². The van der Waals surface area contributed by atoms with Crippen molar-refractivity contribution in [3.63, 3.8) is 0 Å². The minimum absolute atomic E-state index is 0.0597. The van der Waals surface area contributed by atoms with Gasteiger partial charge < -0.3 is 16.3 Å². The van der Waals surface area contributed by atoms with Gasteiger partial charge in [0.15, 0.2) is 5.84 Å². The summed E-state index contributed by atoms with van der Waals surface area (Å²) in [4.78, 5) is 4.15. The molecule has 1 unspecified atom stereocenters. The molecule has 2 rings (SSSR count). The zero-order valence-electron chi connectivity index (χ0n) is 10.9. The Morgan fingerprint density at radius 3 is 3.21 bits per heavy atom. The molecule has 2 heterocycles. The van der Waals surface area contributed by atoms with Gasteiger partial charge in [0.05, 0.1) is 0 Å². The third-order valence-corrected chi connectivity index (χ3v) is 4.60. The first kappa shape index (κ1) is 14.1. The van der Waals surface area contributed by atoms with Crippen LogP contribution in [0.3, 0.4) is 0 Å². The standard InChI is InChI=1S/C13H20N4OS/c14-13(17-18)12-10(4-3-6-16-12)8-15-9-11-5-1-2-7-19-11/h3-4,6,11,15,18H,1-2,5,7-9H2,(H2,14,17). The molecule has 0 amide bonds. The van der Waals surface area contributed by atoms with Crippen LogP contribution in [0.5, 0.6) is 0 Å². The summed E-state index contributed by atoms with van der Waals surface area (Å²) >= 11 is 2.05. The Balaban J connectivity index is 1.88. The fourth-order valence-corrected chi connectivity index (χ4v) is 3.47. The minimum Gasteiger partial charge on any atom is -0.409 e. The lowest BCUT2D eigenvalue weighted by atomic mass is 10.1. The summed E-state index contributed by atoms with van der Waals surface area (Å²) in [6.45, 7) is 1.69. The van der Waals surface area contributed by atoms with Gasteiger partial charge in [0.2, 0.25) is 0 Å². The lowest BCUT2D eigenvalue weighted by Crippen LogP contribution is -2.28. The maximum atomic E-state index is 8.74. The molecule has 104 valence electrons. The molecular formula is C13H20N4OS. The number of amidine groups is 1. The lowest BCUT2D eigenvalue weighted by molar-refractivity contribution is 0.318. The van der Waals surface area contributed by atoms with Gasteiger partial charge in [-0.15, -0.1) is 0 Å². The Kier molecular flexibility index (Phi) is 5.47. The van der Waals surface area contributed by atoms with Crippen molar-refractivity contribution in [2.75, 3.05) is 12.3 Å². The van der Waals surface area contributed by atoms with Crippen LogP contribution in [0.15, 0.2) is 23.5 Å². The molecule has 4 N–H and O–H groups in total. The number of oxime groups is 1. The summed E-state index contributed by atoms with van der Waals surface area (Å²) in [6, 6.07) is 3.81. The number of aromatic nitrogens is 1. The van der Waals surface area contributed by atoms with E-state index in [-0.39, 0.29) is 5.84 Å². The SMILES string of the molecule is N/C(=N/O)c1ncccc1CNCC1CCCCS1. The minimum atomic E-state index is 0.0597. The van der Waals surface area contributed by atoms with Gasteiger partial charge in [-0.25, -0.2) is 0 Å². The van der Waals surface area contributed by atoms with Crippen molar-refractivity contribution in [3.05, 3.63) is 29.6 Å². The molecule has 1 fully saturated rings. The highest BCUT2D eigenvalue weighted by Crippen LogP contribution is 2.24. The maximum absolute atomic E-state index is 8.74. The molecule has 1 aromatic rings. The Hall–Kier alpha value is -1.27. The molecule has 1 atom stereocenters.